The highest BCUT2D eigenvalue weighted by molar-refractivity contribution is 5.65. The average Bonchev–Trinajstić information content (AvgIpc) is 4.00. The van der Waals surface area contributed by atoms with Crippen LogP contribution in [0.5, 0.6) is 0 Å². The van der Waals surface area contributed by atoms with Gasteiger partial charge in [-0.3, -0.25) is 4.79 Å². The van der Waals surface area contributed by atoms with Crippen molar-refractivity contribution < 1.29 is 119 Å². The first kappa shape index (κ1) is 64.3. The quantitative estimate of drug-likeness (QED) is 0.0442. The van der Waals surface area contributed by atoms with E-state index in [0.29, 0.717) is 38.5 Å². The molecule has 0 aromatic carbocycles. The van der Waals surface area contributed by atoms with Crippen LogP contribution in [0.2, 0.25) is 0 Å². The van der Waals surface area contributed by atoms with Gasteiger partial charge >= 0.3 is 5.97 Å². The molecule has 1 unspecified atom stereocenters. The van der Waals surface area contributed by atoms with Crippen LogP contribution in [0.4, 0.5) is 0 Å². The predicted octanol–water partition coefficient (Wildman–Crippen LogP) is -1.63. The van der Waals surface area contributed by atoms with E-state index in [-0.39, 0.29) is 34.5 Å². The Kier molecular flexibility index (Phi) is 19.8. The van der Waals surface area contributed by atoms with Crippen molar-refractivity contribution in [3.63, 3.8) is 0 Å². The zero-order chi connectivity index (χ0) is 58.9. The fourth-order valence-electron chi connectivity index (χ4n) is 16.4. The molecule has 8 fully saturated rings. The van der Waals surface area contributed by atoms with E-state index in [9.17, 15) is 76.3 Å². The van der Waals surface area contributed by atoms with Gasteiger partial charge in [-0.25, -0.2) is 0 Å². The van der Waals surface area contributed by atoms with Crippen LogP contribution in [-0.4, -0.2) is 245 Å². The van der Waals surface area contributed by atoms with Crippen LogP contribution in [0.25, 0.3) is 0 Å². The molecule has 0 radical (unpaired) electrons. The number of carbonyl (C=O) groups is 1. The van der Waals surface area contributed by atoms with E-state index in [1.54, 1.807) is 0 Å². The number of rotatable bonds is 17. The zero-order valence-corrected chi connectivity index (χ0v) is 47.6. The summed E-state index contributed by atoms with van der Waals surface area (Å²) in [7, 11) is 0. The van der Waals surface area contributed by atoms with E-state index in [4.69, 9.17) is 42.6 Å². The van der Waals surface area contributed by atoms with Crippen molar-refractivity contribution in [1.29, 1.82) is 0 Å². The third kappa shape index (κ3) is 11.6. The average molecular weight is 1150 g/mol. The minimum Gasteiger partial charge on any atom is -0.463 e. The molecule has 24 nitrogen and oxygen atoms in total. The number of allylic oxidation sites excluding steroid dienone is 2. The highest BCUT2D eigenvalue weighted by atomic mass is 16.8. The first-order valence-corrected chi connectivity index (χ1v) is 28.8. The Hall–Kier alpha value is -1.67. The van der Waals surface area contributed by atoms with Crippen LogP contribution < -0.4 is 0 Å². The first-order valence-electron chi connectivity index (χ1n) is 28.8. The van der Waals surface area contributed by atoms with Crippen LogP contribution >= 0.6 is 0 Å². The molecule has 462 valence electrons. The lowest BCUT2D eigenvalue weighted by molar-refractivity contribution is -0.378. The molecule has 8 aliphatic rings. The molecule has 80 heavy (non-hydrogen) atoms. The second-order valence-electron chi connectivity index (χ2n) is 26.4. The topological polar surface area (TPSA) is 383 Å². The molecule has 24 heteroatoms. The molecule has 0 aromatic rings. The maximum absolute atomic E-state index is 12.9. The fraction of sp³-hybridized carbons (Fsp3) is 0.946. The van der Waals surface area contributed by atoms with E-state index in [1.807, 2.05) is 20.8 Å². The molecule has 0 spiro atoms. The number of fused-ring (bicyclic) bond motifs is 5. The number of ether oxygens (including phenoxy) is 9. The number of hydrogen-bond acceptors (Lipinski definition) is 24. The second-order valence-corrected chi connectivity index (χ2v) is 26.4. The molecular weight excluding hydrogens is 1060 g/mol. The minimum absolute atomic E-state index is 0.0210. The number of aliphatic hydroxyl groups excluding tert-OH is 14. The summed E-state index contributed by atoms with van der Waals surface area (Å²) in [5, 5.41) is 153. The van der Waals surface area contributed by atoms with Gasteiger partial charge in [-0.1, -0.05) is 46.3 Å². The van der Waals surface area contributed by atoms with Crippen LogP contribution in [0.3, 0.4) is 0 Å². The lowest BCUT2D eigenvalue weighted by atomic mass is 9.35. The van der Waals surface area contributed by atoms with Gasteiger partial charge in [-0.05, 0) is 124 Å². The maximum atomic E-state index is 12.9. The largest absolute Gasteiger partial charge is 0.463 e. The molecule has 0 amide bonds. The van der Waals surface area contributed by atoms with Crippen molar-refractivity contribution in [3.8, 4) is 0 Å². The Labute approximate surface area is 467 Å². The third-order valence-corrected chi connectivity index (χ3v) is 21.2. The molecule has 4 saturated carbocycles. The van der Waals surface area contributed by atoms with Crippen molar-refractivity contribution >= 4 is 5.97 Å². The minimum atomic E-state index is -1.85. The summed E-state index contributed by atoms with van der Waals surface area (Å²) in [6, 6.07) is 0. The standard InChI is InChI=1S/C56H94O24/c1-24(2)11-10-15-56(9,80-50-46(71)42(67)39(64)31(77-50)23-73-48-44(69)40(65)36(61)28(20-57)74-48)26-12-17-55(8)35(26)27(60)19-33-53(6)16-14-34(52(4,5)32(53)13-18-54(33,55)7)78-51-47(43(68)37(62)29(21-58)75-51)79-49-45(70)41(66)38(63)30(76-49)22-72-25(3)59/h11,26-51,57-58,60-71H,10,12-23H2,1-9H3/t26-,27+,28+,29+,30+,31+,32-,33+,34-,35-,36+,37+,38+,39+,40-,41-,42-,43-,44+,45+,46+,47+,48+,49-,50-,51-,53-,54+,55+,56?/m0/s1. The van der Waals surface area contributed by atoms with E-state index in [2.05, 4.69) is 40.7 Å². The number of esters is 1. The molecule has 14 N–H and O–H groups in total. The SMILES string of the molecule is CC(=O)OC[C@H]1O[C@@H](O[C@H]2[C@H](O[C@H]3CC[C@]4(C)[C@H]5C[C@@H](O)[C@@H]6[C@@H](C(C)(CCC=C(C)C)O[C@@H]7O[C@H](CO[C@@H]8O[C@H](CO)[C@@H](O)[C@H](O)[C@H]8O)[C@@H](O)[C@H](O)[C@H]7O)CC[C@@]6(C)[C@]5(C)CC[C@H]4C3(C)C)O[C@H](CO)[C@@H](O)[C@@H]2O)[C@H](O)[C@@H](O)[C@@H]1O. The normalized spacial score (nSPS) is 51.0. The summed E-state index contributed by atoms with van der Waals surface area (Å²) in [4.78, 5) is 11.6. The summed E-state index contributed by atoms with van der Waals surface area (Å²) in [6.45, 7) is 15.9. The molecule has 4 aliphatic heterocycles. The summed E-state index contributed by atoms with van der Waals surface area (Å²) in [6.07, 6.45) is -25.6. The molecule has 8 rings (SSSR count). The maximum Gasteiger partial charge on any atom is 0.302 e. The summed E-state index contributed by atoms with van der Waals surface area (Å²) in [5.74, 6) is -1.21. The van der Waals surface area contributed by atoms with Crippen LogP contribution in [0.15, 0.2) is 11.6 Å². The van der Waals surface area contributed by atoms with Gasteiger partial charge in [0.2, 0.25) is 0 Å². The molecule has 4 saturated heterocycles. The van der Waals surface area contributed by atoms with Crippen LogP contribution in [0, 0.1) is 45.3 Å². The smallest absolute Gasteiger partial charge is 0.302 e. The Morgan fingerprint density at radius 2 is 1.10 bits per heavy atom. The summed E-state index contributed by atoms with van der Waals surface area (Å²) < 4.78 is 54.2. The highest BCUT2D eigenvalue weighted by Crippen LogP contribution is 2.76. The van der Waals surface area contributed by atoms with Crippen LogP contribution in [-0.2, 0) is 47.4 Å². The van der Waals surface area contributed by atoms with Crippen molar-refractivity contribution in [2.45, 2.75) is 261 Å². The van der Waals surface area contributed by atoms with Crippen molar-refractivity contribution in [3.05, 3.63) is 11.6 Å². The Balaban J connectivity index is 1.00. The van der Waals surface area contributed by atoms with E-state index in [1.165, 1.54) is 0 Å². The van der Waals surface area contributed by atoms with E-state index in [0.717, 1.165) is 31.8 Å². The molecule has 4 heterocycles. The van der Waals surface area contributed by atoms with Crippen molar-refractivity contribution in [2.75, 3.05) is 26.4 Å². The van der Waals surface area contributed by atoms with Crippen LogP contribution in [0.1, 0.15) is 120 Å². The third-order valence-electron chi connectivity index (χ3n) is 21.2. The summed E-state index contributed by atoms with van der Waals surface area (Å²) >= 11 is 0. The Morgan fingerprint density at radius 3 is 1.70 bits per heavy atom. The van der Waals surface area contributed by atoms with Gasteiger partial charge in [0.25, 0.3) is 0 Å². The number of carbonyl (C=O) groups excluding carboxylic acids is 1. The lowest BCUT2D eigenvalue weighted by Crippen LogP contribution is -2.68. The van der Waals surface area contributed by atoms with Crippen molar-refractivity contribution in [1.82, 2.24) is 0 Å². The van der Waals surface area contributed by atoms with E-state index >= 15 is 0 Å². The number of aliphatic hydroxyl groups is 14. The van der Waals surface area contributed by atoms with Gasteiger partial charge in [0.1, 0.15) is 104 Å². The first-order chi connectivity index (χ1) is 37.4. The summed E-state index contributed by atoms with van der Waals surface area (Å²) in [5.41, 5.74) is -1.67. The number of hydrogen-bond donors (Lipinski definition) is 14. The van der Waals surface area contributed by atoms with Gasteiger partial charge in [0.15, 0.2) is 25.2 Å². The van der Waals surface area contributed by atoms with Gasteiger partial charge in [0.05, 0.1) is 37.6 Å². The van der Waals surface area contributed by atoms with Crippen molar-refractivity contribution in [2.24, 2.45) is 45.3 Å². The van der Waals surface area contributed by atoms with Gasteiger partial charge < -0.3 is 114 Å². The fourth-order valence-corrected chi connectivity index (χ4v) is 16.4. The molecule has 30 atom stereocenters. The predicted molar refractivity (Wildman–Crippen MR) is 276 cm³/mol. The Bertz CT molecular complexity index is 2120. The van der Waals surface area contributed by atoms with Gasteiger partial charge in [0, 0.05) is 6.92 Å². The molecular formula is C56H94O24. The molecule has 0 aromatic heterocycles. The zero-order valence-electron chi connectivity index (χ0n) is 47.6. The van der Waals surface area contributed by atoms with Gasteiger partial charge in [-0.15, -0.1) is 0 Å². The van der Waals surface area contributed by atoms with Gasteiger partial charge in [-0.2, -0.15) is 0 Å². The molecule has 0 bridgehead atoms. The Morgan fingerprint density at radius 1 is 0.575 bits per heavy atom. The molecule has 4 aliphatic carbocycles. The monoisotopic (exact) mass is 1150 g/mol. The second kappa shape index (κ2) is 24.6. The van der Waals surface area contributed by atoms with E-state index < -0.39 is 184 Å². The highest BCUT2D eigenvalue weighted by Gasteiger charge is 2.72. The lowest BCUT2D eigenvalue weighted by Gasteiger charge is -2.71.